The van der Waals surface area contributed by atoms with E-state index in [1.165, 1.54) is 0 Å². The maximum Gasteiger partial charge on any atom is 0.344 e. The molecule has 0 aromatic heterocycles. The molecule has 1 aliphatic carbocycles. The summed E-state index contributed by atoms with van der Waals surface area (Å²) in [4.78, 5) is 12.8. The van der Waals surface area contributed by atoms with Gasteiger partial charge in [0.15, 0.2) is 5.66 Å². The molecular weight excluding hydrogens is 276 g/mol. The second-order valence-corrected chi connectivity index (χ2v) is 7.01. The molecular formula is C14H24N2O3S. The zero-order chi connectivity index (χ0) is 14.9. The van der Waals surface area contributed by atoms with Crippen molar-refractivity contribution in [1.29, 1.82) is 0 Å². The number of hydrogen-bond donors (Lipinski definition) is 1. The van der Waals surface area contributed by atoms with Gasteiger partial charge < -0.3 is 10.5 Å². The highest BCUT2D eigenvalue weighted by Gasteiger charge is 2.72. The number of carbonyl (C=O) groups is 1. The summed E-state index contributed by atoms with van der Waals surface area (Å²) in [6.45, 7) is 7.91. The van der Waals surface area contributed by atoms with Crippen LogP contribution in [0.4, 0.5) is 0 Å². The molecule has 5 nitrogen and oxygen atoms in total. The maximum atomic E-state index is 12.5. The summed E-state index contributed by atoms with van der Waals surface area (Å²) in [7, 11) is -1.40. The molecule has 0 aromatic carbocycles. The van der Waals surface area contributed by atoms with Gasteiger partial charge in [-0.05, 0) is 32.1 Å². The maximum absolute atomic E-state index is 12.5. The highest BCUT2D eigenvalue weighted by Crippen LogP contribution is 2.51. The van der Waals surface area contributed by atoms with Crippen molar-refractivity contribution in [3.05, 3.63) is 11.5 Å². The molecule has 20 heavy (non-hydrogen) atoms. The van der Waals surface area contributed by atoms with Gasteiger partial charge in [-0.25, -0.2) is 9.00 Å². The van der Waals surface area contributed by atoms with Gasteiger partial charge in [0, 0.05) is 4.91 Å². The third-order valence-corrected chi connectivity index (χ3v) is 5.74. The molecule has 1 aliphatic heterocycles. The number of esters is 1. The van der Waals surface area contributed by atoms with Crippen molar-refractivity contribution in [2.45, 2.75) is 57.7 Å². The predicted molar refractivity (Wildman–Crippen MR) is 78.7 cm³/mol. The highest BCUT2D eigenvalue weighted by atomic mass is 32.2. The van der Waals surface area contributed by atoms with Crippen molar-refractivity contribution >= 4 is 17.0 Å². The van der Waals surface area contributed by atoms with Crippen LogP contribution in [-0.4, -0.2) is 32.8 Å². The van der Waals surface area contributed by atoms with E-state index < -0.39 is 22.6 Å². The van der Waals surface area contributed by atoms with Crippen LogP contribution in [0.25, 0.3) is 0 Å². The topological polar surface area (TPSA) is 72.4 Å². The molecule has 0 spiro atoms. The summed E-state index contributed by atoms with van der Waals surface area (Å²) >= 11 is 0. The van der Waals surface area contributed by atoms with E-state index in [-0.39, 0.29) is 12.6 Å². The van der Waals surface area contributed by atoms with Crippen LogP contribution in [-0.2, 0) is 20.5 Å². The molecule has 0 bridgehead atoms. The number of ether oxygens (including phenoxy) is 1. The summed E-state index contributed by atoms with van der Waals surface area (Å²) in [5, 5.41) is 0. The Bertz CT molecular complexity index is 436. The van der Waals surface area contributed by atoms with Crippen molar-refractivity contribution in [3.8, 4) is 0 Å². The lowest BCUT2D eigenvalue weighted by Crippen LogP contribution is -2.43. The van der Waals surface area contributed by atoms with Crippen LogP contribution >= 0.6 is 0 Å². The van der Waals surface area contributed by atoms with Crippen molar-refractivity contribution in [2.24, 2.45) is 11.7 Å². The molecule has 1 saturated heterocycles. The summed E-state index contributed by atoms with van der Waals surface area (Å²) in [6.07, 6.45) is 4.79. The standard InChI is InChI=1S/C14H24N2O3S/c1-4-7-10(3)20(18)16-12(11-8-6-9-11)14(16,15)13(17)19-5-2/h11-12H,3-9,15H2,1-2H3/t12-,14+,16?,20+/m1/s1. The largest absolute Gasteiger partial charge is 0.464 e. The molecule has 4 atom stereocenters. The average Bonchev–Trinajstić information content (AvgIpc) is 2.94. The minimum atomic E-state index is -1.40. The fraction of sp³-hybridized carbons (Fsp3) is 0.786. The second kappa shape index (κ2) is 5.95. The Morgan fingerprint density at radius 3 is 2.60 bits per heavy atom. The first kappa shape index (κ1) is 15.7. The van der Waals surface area contributed by atoms with Crippen molar-refractivity contribution in [1.82, 2.24) is 4.31 Å². The Kier molecular flexibility index (Phi) is 4.66. The molecule has 0 amide bonds. The molecule has 6 heteroatoms. The van der Waals surface area contributed by atoms with Crippen molar-refractivity contribution in [3.63, 3.8) is 0 Å². The lowest BCUT2D eigenvalue weighted by molar-refractivity contribution is -0.147. The third kappa shape index (κ3) is 2.44. The lowest BCUT2D eigenvalue weighted by Gasteiger charge is -2.25. The number of hydrogen-bond acceptors (Lipinski definition) is 4. The van der Waals surface area contributed by atoms with Crippen LogP contribution < -0.4 is 5.73 Å². The van der Waals surface area contributed by atoms with Crippen LogP contribution in [0.5, 0.6) is 0 Å². The normalized spacial score (nSPS) is 34.1. The summed E-state index contributed by atoms with van der Waals surface area (Å²) in [5.74, 6) is -0.114. The molecule has 114 valence electrons. The SMILES string of the molecule is C=C(CCC)[S@](=O)N1[C@H](C2CCC2)[C@@]1(N)C(=O)OCC. The Hall–Kier alpha value is -0.720. The Morgan fingerprint density at radius 2 is 2.15 bits per heavy atom. The van der Waals surface area contributed by atoms with Crippen molar-refractivity contribution in [2.75, 3.05) is 6.61 Å². The van der Waals surface area contributed by atoms with Gasteiger partial charge in [0.25, 0.3) is 0 Å². The molecule has 2 fully saturated rings. The molecule has 2 N–H and O–H groups in total. The Balaban J connectivity index is 2.14. The number of rotatable bonds is 7. The van der Waals surface area contributed by atoms with E-state index in [9.17, 15) is 9.00 Å². The molecule has 1 unspecified atom stereocenters. The fourth-order valence-corrected chi connectivity index (χ4v) is 4.42. The first-order valence-corrected chi connectivity index (χ1v) is 8.44. The lowest BCUT2D eigenvalue weighted by atomic mass is 9.80. The van der Waals surface area contributed by atoms with E-state index in [0.717, 1.165) is 25.7 Å². The smallest absolute Gasteiger partial charge is 0.344 e. The van der Waals surface area contributed by atoms with E-state index in [0.29, 0.717) is 17.2 Å². The number of nitrogens with two attached hydrogens (primary N) is 1. The van der Waals surface area contributed by atoms with Gasteiger partial charge in [-0.2, -0.15) is 4.31 Å². The van der Waals surface area contributed by atoms with Crippen LogP contribution in [0.15, 0.2) is 11.5 Å². The first-order valence-electron chi connectivity index (χ1n) is 7.33. The van der Waals surface area contributed by atoms with E-state index in [1.54, 1.807) is 11.2 Å². The van der Waals surface area contributed by atoms with Gasteiger partial charge in [0.2, 0.25) is 0 Å². The van der Waals surface area contributed by atoms with E-state index in [4.69, 9.17) is 10.5 Å². The van der Waals surface area contributed by atoms with Gasteiger partial charge in [0.05, 0.1) is 12.6 Å². The third-order valence-electron chi connectivity index (χ3n) is 4.15. The zero-order valence-corrected chi connectivity index (χ0v) is 13.1. The monoisotopic (exact) mass is 300 g/mol. The molecule has 0 radical (unpaired) electrons. The van der Waals surface area contributed by atoms with Gasteiger partial charge in [0.1, 0.15) is 11.0 Å². The summed E-state index contributed by atoms with van der Waals surface area (Å²) < 4.78 is 19.2. The molecule has 1 heterocycles. The van der Waals surface area contributed by atoms with E-state index in [2.05, 4.69) is 6.58 Å². The second-order valence-electron chi connectivity index (χ2n) is 5.55. The van der Waals surface area contributed by atoms with Gasteiger partial charge >= 0.3 is 5.97 Å². The summed E-state index contributed by atoms with van der Waals surface area (Å²) in [6, 6.07) is -0.162. The van der Waals surface area contributed by atoms with Crippen LogP contribution in [0.1, 0.15) is 46.0 Å². The average molecular weight is 300 g/mol. The van der Waals surface area contributed by atoms with Crippen LogP contribution in [0.3, 0.4) is 0 Å². The quantitative estimate of drug-likeness (QED) is 0.573. The van der Waals surface area contributed by atoms with Gasteiger partial charge in [-0.3, -0.25) is 0 Å². The molecule has 2 rings (SSSR count). The Labute approximate surface area is 123 Å². The molecule has 1 saturated carbocycles. The van der Waals surface area contributed by atoms with Crippen LogP contribution in [0, 0.1) is 5.92 Å². The van der Waals surface area contributed by atoms with Crippen LogP contribution in [0.2, 0.25) is 0 Å². The Morgan fingerprint density at radius 1 is 1.50 bits per heavy atom. The van der Waals surface area contributed by atoms with E-state index >= 15 is 0 Å². The first-order chi connectivity index (χ1) is 9.48. The molecule has 0 aromatic rings. The number of nitrogens with zero attached hydrogens (tertiary/aromatic N) is 1. The van der Waals surface area contributed by atoms with Gasteiger partial charge in [-0.1, -0.05) is 26.3 Å². The fourth-order valence-electron chi connectivity index (χ4n) is 2.81. The number of allylic oxidation sites excluding steroid dienone is 1. The number of carbonyl (C=O) groups excluding carboxylic acids is 1. The zero-order valence-electron chi connectivity index (χ0n) is 12.3. The summed E-state index contributed by atoms with van der Waals surface area (Å²) in [5.41, 5.74) is 5.01. The molecule has 2 aliphatic rings. The minimum absolute atomic E-state index is 0.162. The van der Waals surface area contributed by atoms with Gasteiger partial charge in [-0.15, -0.1) is 0 Å². The van der Waals surface area contributed by atoms with E-state index in [1.807, 2.05) is 6.92 Å². The van der Waals surface area contributed by atoms with Crippen molar-refractivity contribution < 1.29 is 13.7 Å². The predicted octanol–water partition coefficient (Wildman–Crippen LogP) is 1.67. The minimum Gasteiger partial charge on any atom is -0.464 e. The highest BCUT2D eigenvalue weighted by molar-refractivity contribution is 7.87.